The zero-order valence-corrected chi connectivity index (χ0v) is 9.28. The van der Waals surface area contributed by atoms with Crippen molar-refractivity contribution in [3.63, 3.8) is 0 Å². The highest BCUT2D eigenvalue weighted by Crippen LogP contribution is 2.29. The molecule has 18 heavy (non-hydrogen) atoms. The second-order valence-electron chi connectivity index (χ2n) is 3.67. The maximum atomic E-state index is 10.6. The van der Waals surface area contributed by atoms with Gasteiger partial charge in [-0.15, -0.1) is 0 Å². The van der Waals surface area contributed by atoms with Crippen LogP contribution >= 0.6 is 0 Å². The number of hydrogen-bond acceptors (Lipinski definition) is 6. The van der Waals surface area contributed by atoms with Crippen molar-refractivity contribution >= 4 is 23.1 Å². The van der Waals surface area contributed by atoms with Crippen LogP contribution in [0.15, 0.2) is 29.3 Å². The third kappa shape index (κ3) is 1.45. The molecule has 0 unspecified atom stereocenters. The maximum Gasteiger partial charge on any atom is 0.164 e. The number of nitrogen functional groups attached to an aromatic ring is 1. The topological polar surface area (TPSA) is 99.8 Å². The smallest absolute Gasteiger partial charge is 0.164 e. The van der Waals surface area contributed by atoms with E-state index in [2.05, 4.69) is 15.1 Å². The molecule has 3 heterocycles. The molecular formula is C11H9N5O2. The van der Waals surface area contributed by atoms with Gasteiger partial charge in [0.15, 0.2) is 5.65 Å². The van der Waals surface area contributed by atoms with Gasteiger partial charge in [0.2, 0.25) is 0 Å². The van der Waals surface area contributed by atoms with E-state index in [9.17, 15) is 4.79 Å². The summed E-state index contributed by atoms with van der Waals surface area (Å²) in [5.41, 5.74) is 7.76. The van der Waals surface area contributed by atoms with Crippen LogP contribution in [0.3, 0.4) is 0 Å². The fraction of sp³-hybridized carbons (Fsp3) is 0.0909. The van der Waals surface area contributed by atoms with Gasteiger partial charge in [0.05, 0.1) is 24.5 Å². The molecule has 0 radical (unpaired) electrons. The van der Waals surface area contributed by atoms with Crippen molar-refractivity contribution in [2.24, 2.45) is 0 Å². The summed E-state index contributed by atoms with van der Waals surface area (Å²) in [6.45, 7) is 0.116. The number of aromatic nitrogens is 4. The quantitative estimate of drug-likeness (QED) is 0.685. The summed E-state index contributed by atoms with van der Waals surface area (Å²) in [5.74, 6) is 0.327. The van der Waals surface area contributed by atoms with Crippen molar-refractivity contribution in [2.75, 3.05) is 5.73 Å². The van der Waals surface area contributed by atoms with Gasteiger partial charge in [0.1, 0.15) is 24.1 Å². The molecule has 0 spiro atoms. The molecular weight excluding hydrogens is 234 g/mol. The van der Waals surface area contributed by atoms with Crippen LogP contribution < -0.4 is 5.73 Å². The zero-order chi connectivity index (χ0) is 12.5. The lowest BCUT2D eigenvalue weighted by atomic mass is 10.2. The third-order valence-corrected chi connectivity index (χ3v) is 2.60. The maximum absolute atomic E-state index is 10.6. The summed E-state index contributed by atoms with van der Waals surface area (Å²) in [5, 5.41) is 4.95. The van der Waals surface area contributed by atoms with Crippen LogP contribution in [0.1, 0.15) is 0 Å². The van der Waals surface area contributed by atoms with E-state index in [1.165, 1.54) is 11.0 Å². The molecule has 0 atom stereocenters. The number of aldehydes is 1. The predicted molar refractivity (Wildman–Crippen MR) is 63.5 cm³/mol. The lowest BCUT2D eigenvalue weighted by Crippen LogP contribution is -2.02. The van der Waals surface area contributed by atoms with Gasteiger partial charge < -0.3 is 14.9 Å². The van der Waals surface area contributed by atoms with Crippen LogP contribution in [-0.2, 0) is 11.3 Å². The van der Waals surface area contributed by atoms with Gasteiger partial charge in [-0.2, -0.15) is 5.10 Å². The number of carbonyl (C=O) groups is 1. The molecule has 90 valence electrons. The molecule has 0 aliphatic rings. The summed E-state index contributed by atoms with van der Waals surface area (Å²) in [7, 11) is 0. The molecule has 7 heteroatoms. The molecule has 0 fully saturated rings. The van der Waals surface area contributed by atoms with E-state index in [4.69, 9.17) is 10.2 Å². The number of nitrogens with zero attached hydrogens (tertiary/aromatic N) is 4. The van der Waals surface area contributed by atoms with Crippen molar-refractivity contribution in [1.29, 1.82) is 0 Å². The summed E-state index contributed by atoms with van der Waals surface area (Å²) >= 11 is 0. The Hall–Kier alpha value is -2.70. The molecule has 0 saturated carbocycles. The molecule has 0 saturated heterocycles. The molecule has 0 amide bonds. The van der Waals surface area contributed by atoms with Gasteiger partial charge in [0, 0.05) is 5.56 Å². The molecule has 0 aliphatic carbocycles. The van der Waals surface area contributed by atoms with Gasteiger partial charge in [-0.1, -0.05) is 0 Å². The first-order valence-electron chi connectivity index (χ1n) is 5.24. The van der Waals surface area contributed by atoms with Gasteiger partial charge >= 0.3 is 0 Å². The molecule has 7 nitrogen and oxygen atoms in total. The number of hydrogen-bond donors (Lipinski definition) is 1. The largest absolute Gasteiger partial charge is 0.472 e. The Balaban J connectivity index is 2.34. The minimum atomic E-state index is 0.116. The monoisotopic (exact) mass is 243 g/mol. The lowest BCUT2D eigenvalue weighted by molar-refractivity contribution is -0.108. The molecule has 0 aliphatic heterocycles. The molecule has 0 bridgehead atoms. The summed E-state index contributed by atoms with van der Waals surface area (Å²) in [6, 6.07) is 1.76. The van der Waals surface area contributed by atoms with Crippen molar-refractivity contribution < 1.29 is 9.21 Å². The highest BCUT2D eigenvalue weighted by molar-refractivity contribution is 5.98. The fourth-order valence-corrected chi connectivity index (χ4v) is 1.83. The normalized spacial score (nSPS) is 10.9. The molecule has 3 rings (SSSR count). The molecule has 0 aromatic carbocycles. The Labute approximate surface area is 101 Å². The Morgan fingerprint density at radius 2 is 2.33 bits per heavy atom. The van der Waals surface area contributed by atoms with Crippen LogP contribution in [-0.4, -0.2) is 26.0 Å². The van der Waals surface area contributed by atoms with Gasteiger partial charge in [0.25, 0.3) is 0 Å². The van der Waals surface area contributed by atoms with E-state index in [0.29, 0.717) is 22.5 Å². The van der Waals surface area contributed by atoms with Crippen LogP contribution in [0.4, 0.5) is 5.82 Å². The molecule has 2 N–H and O–H groups in total. The van der Waals surface area contributed by atoms with Crippen LogP contribution in [0.5, 0.6) is 0 Å². The van der Waals surface area contributed by atoms with E-state index in [1.54, 1.807) is 18.6 Å². The minimum absolute atomic E-state index is 0.116. The highest BCUT2D eigenvalue weighted by atomic mass is 16.3. The Kier molecular flexibility index (Phi) is 2.30. The minimum Gasteiger partial charge on any atom is -0.472 e. The predicted octanol–water partition coefficient (Wildman–Crippen LogP) is 0.867. The average Bonchev–Trinajstić information content (AvgIpc) is 2.98. The number of anilines is 1. The number of furan rings is 1. The van der Waals surface area contributed by atoms with E-state index >= 15 is 0 Å². The van der Waals surface area contributed by atoms with Gasteiger partial charge in [-0.3, -0.25) is 0 Å². The first-order chi connectivity index (χ1) is 8.81. The van der Waals surface area contributed by atoms with Crippen molar-refractivity contribution in [2.45, 2.75) is 6.54 Å². The molecule has 3 aromatic rings. The first kappa shape index (κ1) is 10.5. The molecule has 3 aromatic heterocycles. The average molecular weight is 243 g/mol. The highest BCUT2D eigenvalue weighted by Gasteiger charge is 2.17. The van der Waals surface area contributed by atoms with E-state index in [-0.39, 0.29) is 6.54 Å². The second-order valence-corrected chi connectivity index (χ2v) is 3.67. The van der Waals surface area contributed by atoms with Crippen molar-refractivity contribution in [3.8, 4) is 11.3 Å². The van der Waals surface area contributed by atoms with E-state index < -0.39 is 0 Å². The van der Waals surface area contributed by atoms with Crippen LogP contribution in [0.2, 0.25) is 0 Å². The van der Waals surface area contributed by atoms with Crippen LogP contribution in [0, 0.1) is 0 Å². The summed E-state index contributed by atoms with van der Waals surface area (Å²) in [4.78, 5) is 18.7. The first-order valence-corrected chi connectivity index (χ1v) is 5.24. The Bertz CT molecular complexity index is 702. The third-order valence-electron chi connectivity index (χ3n) is 2.60. The van der Waals surface area contributed by atoms with Gasteiger partial charge in [-0.05, 0) is 6.07 Å². The fourth-order valence-electron chi connectivity index (χ4n) is 1.83. The second kappa shape index (κ2) is 3.95. The number of rotatable bonds is 3. The number of fused-ring (bicyclic) bond motifs is 1. The lowest BCUT2D eigenvalue weighted by Gasteiger charge is -1.96. The van der Waals surface area contributed by atoms with Crippen molar-refractivity contribution in [1.82, 2.24) is 19.7 Å². The SMILES string of the molecule is Nc1ncnc2c1c(-c1ccoc1)nn2CC=O. The Morgan fingerprint density at radius 3 is 3.06 bits per heavy atom. The summed E-state index contributed by atoms with van der Waals surface area (Å²) < 4.78 is 6.52. The number of carbonyl (C=O) groups excluding carboxylic acids is 1. The van der Waals surface area contributed by atoms with Gasteiger partial charge in [-0.25, -0.2) is 14.6 Å². The zero-order valence-electron chi connectivity index (χ0n) is 9.28. The van der Waals surface area contributed by atoms with Crippen LogP contribution in [0.25, 0.3) is 22.3 Å². The number of nitrogens with two attached hydrogens (primary N) is 1. The standard InChI is InChI=1S/C11H9N5O2/c12-10-8-9(7-1-4-18-5-7)15-16(2-3-17)11(8)14-6-13-10/h1,3-6H,2H2,(H2,12,13,14). The summed E-state index contributed by atoms with van der Waals surface area (Å²) in [6.07, 6.45) is 5.20. The van der Waals surface area contributed by atoms with Crippen molar-refractivity contribution in [3.05, 3.63) is 24.9 Å². The van der Waals surface area contributed by atoms with E-state index in [1.807, 2.05) is 0 Å². The Morgan fingerprint density at radius 1 is 1.44 bits per heavy atom. The van der Waals surface area contributed by atoms with E-state index in [0.717, 1.165) is 11.8 Å².